The summed E-state index contributed by atoms with van der Waals surface area (Å²) in [6.07, 6.45) is -0.0647. The molecule has 5 heteroatoms. The molecule has 88 valence electrons. The van der Waals surface area contributed by atoms with Crippen molar-refractivity contribution in [1.29, 1.82) is 0 Å². The first-order valence-corrected chi connectivity index (χ1v) is 5.78. The molecular weight excluding hydrogens is 298 g/mol. The van der Waals surface area contributed by atoms with Gasteiger partial charge in [-0.3, -0.25) is 4.79 Å². The number of carbonyl (C=O) groups is 1. The molecule has 1 aromatic carbocycles. The van der Waals surface area contributed by atoms with Crippen LogP contribution >= 0.6 is 27.5 Å². The van der Waals surface area contributed by atoms with Gasteiger partial charge < -0.3 is 5.11 Å². The molecule has 0 radical (unpaired) electrons. The number of hydrogen-bond acceptors (Lipinski definition) is 1. The lowest BCUT2D eigenvalue weighted by molar-refractivity contribution is -0.138. The third-order valence-corrected chi connectivity index (χ3v) is 3.25. The van der Waals surface area contributed by atoms with Gasteiger partial charge in [0.1, 0.15) is 5.82 Å². The van der Waals surface area contributed by atoms with Crippen LogP contribution in [0.3, 0.4) is 0 Å². The largest absolute Gasteiger partial charge is 0.481 e. The third-order valence-electron chi connectivity index (χ3n) is 2.33. The molecular formula is C11H11BrClFO2. The summed E-state index contributed by atoms with van der Waals surface area (Å²) in [5.41, 5.74) is -0.0242. The van der Waals surface area contributed by atoms with Gasteiger partial charge in [0, 0.05) is 10.4 Å². The van der Waals surface area contributed by atoms with Crippen molar-refractivity contribution in [1.82, 2.24) is 0 Å². The summed E-state index contributed by atoms with van der Waals surface area (Å²) in [6, 6.07) is 2.71. The predicted octanol–water partition coefficient (Wildman–Crippen LogP) is 3.99. The van der Waals surface area contributed by atoms with Gasteiger partial charge in [-0.25, -0.2) is 4.39 Å². The zero-order valence-corrected chi connectivity index (χ0v) is 11.2. The number of benzene rings is 1. The number of aliphatic carboxylic acids is 1. The second-order valence-corrected chi connectivity index (χ2v) is 5.46. The summed E-state index contributed by atoms with van der Waals surface area (Å²) in [5, 5.41) is 9.04. The van der Waals surface area contributed by atoms with Crippen LogP contribution in [0, 0.1) is 5.82 Å². The van der Waals surface area contributed by atoms with Crippen LogP contribution < -0.4 is 0 Å². The second-order valence-electron chi connectivity index (χ2n) is 4.20. The Kier molecular flexibility index (Phi) is 3.97. The minimum absolute atomic E-state index is 0.0647. The minimum Gasteiger partial charge on any atom is -0.481 e. The van der Waals surface area contributed by atoms with Gasteiger partial charge in [0.2, 0.25) is 0 Å². The molecule has 0 amide bonds. The van der Waals surface area contributed by atoms with Crippen molar-refractivity contribution in [2.75, 3.05) is 0 Å². The Balaban J connectivity index is 3.22. The highest BCUT2D eigenvalue weighted by Crippen LogP contribution is 2.35. The highest BCUT2D eigenvalue weighted by atomic mass is 79.9. The zero-order chi connectivity index (χ0) is 12.5. The van der Waals surface area contributed by atoms with Gasteiger partial charge in [0.15, 0.2) is 0 Å². The summed E-state index contributed by atoms with van der Waals surface area (Å²) >= 11 is 8.97. The smallest absolute Gasteiger partial charge is 0.304 e. The minimum atomic E-state index is -0.915. The number of carboxylic acid groups (broad SMARTS) is 1. The van der Waals surface area contributed by atoms with Crippen molar-refractivity contribution < 1.29 is 14.3 Å². The summed E-state index contributed by atoms with van der Waals surface area (Å²) in [7, 11) is 0. The molecule has 0 aromatic heterocycles. The molecule has 0 aliphatic carbocycles. The summed E-state index contributed by atoms with van der Waals surface area (Å²) in [5.74, 6) is -1.37. The van der Waals surface area contributed by atoms with E-state index in [1.165, 1.54) is 12.1 Å². The van der Waals surface area contributed by atoms with E-state index in [1.54, 1.807) is 13.8 Å². The Labute approximate surface area is 107 Å². The monoisotopic (exact) mass is 308 g/mol. The Bertz CT molecular complexity index is 432. The Morgan fingerprint density at radius 1 is 1.56 bits per heavy atom. The molecule has 0 saturated carbocycles. The average Bonchev–Trinajstić information content (AvgIpc) is 2.08. The number of rotatable bonds is 3. The Morgan fingerprint density at radius 3 is 2.62 bits per heavy atom. The first kappa shape index (κ1) is 13.5. The van der Waals surface area contributed by atoms with E-state index in [2.05, 4.69) is 15.9 Å². The van der Waals surface area contributed by atoms with E-state index in [0.717, 1.165) is 0 Å². The van der Waals surface area contributed by atoms with Crippen LogP contribution in [0.5, 0.6) is 0 Å². The van der Waals surface area contributed by atoms with Crippen LogP contribution in [0.2, 0.25) is 5.02 Å². The van der Waals surface area contributed by atoms with Crippen LogP contribution in [-0.2, 0) is 10.2 Å². The quantitative estimate of drug-likeness (QED) is 0.857. The van der Waals surface area contributed by atoms with Crippen LogP contribution in [0.15, 0.2) is 16.6 Å². The zero-order valence-electron chi connectivity index (χ0n) is 8.85. The van der Waals surface area contributed by atoms with E-state index >= 15 is 0 Å². The molecule has 0 unspecified atom stereocenters. The fourth-order valence-corrected chi connectivity index (χ4v) is 2.26. The van der Waals surface area contributed by atoms with Gasteiger partial charge in [-0.05, 0) is 33.6 Å². The maximum atomic E-state index is 13.2. The van der Waals surface area contributed by atoms with E-state index in [0.29, 0.717) is 5.56 Å². The molecule has 1 N–H and O–H groups in total. The molecule has 2 nitrogen and oxygen atoms in total. The molecule has 0 aliphatic rings. The van der Waals surface area contributed by atoms with Gasteiger partial charge in [-0.15, -0.1) is 0 Å². The lowest BCUT2D eigenvalue weighted by Crippen LogP contribution is -2.22. The Morgan fingerprint density at radius 2 is 2.12 bits per heavy atom. The van der Waals surface area contributed by atoms with Crippen molar-refractivity contribution in [2.24, 2.45) is 0 Å². The number of hydrogen-bond donors (Lipinski definition) is 1. The van der Waals surface area contributed by atoms with E-state index in [4.69, 9.17) is 16.7 Å². The van der Waals surface area contributed by atoms with Gasteiger partial charge in [0.25, 0.3) is 0 Å². The number of carboxylic acids is 1. The van der Waals surface area contributed by atoms with Crippen molar-refractivity contribution in [3.05, 3.63) is 33.0 Å². The number of halogens is 3. The van der Waals surface area contributed by atoms with Gasteiger partial charge in [-0.1, -0.05) is 25.4 Å². The fraction of sp³-hybridized carbons (Fsp3) is 0.364. The molecule has 0 atom stereocenters. The van der Waals surface area contributed by atoms with E-state index in [-0.39, 0.29) is 15.9 Å². The van der Waals surface area contributed by atoms with Crippen LogP contribution in [0.25, 0.3) is 0 Å². The SMILES string of the molecule is CC(C)(CC(=O)O)c1cc(Br)c(F)cc1Cl. The molecule has 0 bridgehead atoms. The van der Waals surface area contributed by atoms with Gasteiger partial charge in [0.05, 0.1) is 10.9 Å². The van der Waals surface area contributed by atoms with E-state index in [9.17, 15) is 9.18 Å². The normalized spacial score (nSPS) is 11.6. The molecule has 0 spiro atoms. The molecule has 1 aromatic rings. The second kappa shape index (κ2) is 4.72. The predicted molar refractivity (Wildman–Crippen MR) is 64.4 cm³/mol. The summed E-state index contributed by atoms with van der Waals surface area (Å²) in [4.78, 5) is 10.7. The maximum absolute atomic E-state index is 13.2. The van der Waals surface area contributed by atoms with Crippen LogP contribution in [0.4, 0.5) is 4.39 Å². The van der Waals surface area contributed by atoms with Crippen molar-refractivity contribution >= 4 is 33.5 Å². The first-order chi connectivity index (χ1) is 7.24. The lowest BCUT2D eigenvalue weighted by Gasteiger charge is -2.24. The lowest BCUT2D eigenvalue weighted by atomic mass is 9.81. The maximum Gasteiger partial charge on any atom is 0.304 e. The molecule has 1 rings (SSSR count). The highest BCUT2D eigenvalue weighted by Gasteiger charge is 2.27. The summed E-state index contributed by atoms with van der Waals surface area (Å²) in [6.45, 7) is 3.51. The molecule has 0 saturated heterocycles. The van der Waals surface area contributed by atoms with Crippen LogP contribution in [-0.4, -0.2) is 11.1 Å². The van der Waals surface area contributed by atoms with E-state index < -0.39 is 17.2 Å². The molecule has 0 heterocycles. The Hall–Kier alpha value is -0.610. The standard InChI is InChI=1S/C11H11BrClFO2/c1-11(2,5-10(15)16)6-3-7(12)9(14)4-8(6)13/h3-4H,5H2,1-2H3,(H,15,16). The van der Waals surface area contributed by atoms with Crippen molar-refractivity contribution in [3.63, 3.8) is 0 Å². The molecule has 16 heavy (non-hydrogen) atoms. The summed E-state index contributed by atoms with van der Waals surface area (Å²) < 4.78 is 13.4. The highest BCUT2D eigenvalue weighted by molar-refractivity contribution is 9.10. The van der Waals surface area contributed by atoms with Crippen molar-refractivity contribution in [3.8, 4) is 0 Å². The topological polar surface area (TPSA) is 37.3 Å². The van der Waals surface area contributed by atoms with Crippen molar-refractivity contribution in [2.45, 2.75) is 25.7 Å². The fourth-order valence-electron chi connectivity index (χ4n) is 1.51. The van der Waals surface area contributed by atoms with Crippen LogP contribution in [0.1, 0.15) is 25.8 Å². The molecule has 0 fully saturated rings. The first-order valence-electron chi connectivity index (χ1n) is 4.61. The molecule has 0 aliphatic heterocycles. The van der Waals surface area contributed by atoms with Gasteiger partial charge >= 0.3 is 5.97 Å². The van der Waals surface area contributed by atoms with E-state index in [1.807, 2.05) is 0 Å². The third kappa shape index (κ3) is 2.95. The average molecular weight is 310 g/mol. The van der Waals surface area contributed by atoms with Gasteiger partial charge in [-0.2, -0.15) is 0 Å².